The SMILES string of the molecule is COCCCS(=O)c1sc2nc(-c3cccnc3)nc(-c3ccc(F)cc3)c2c1N.COCCC[S@@](=O)c1sc2nc(-c3cccnc3)nc(-c3ccc(F)cc3)c2c1N.COCCC[S@](=O)c1sc2nc(-c3cccnc3)nc(-c3ccc(F)cc3)c2c1N.COCC[S@@](=O)c1sc2nc(-c3cccnc3)nc(-c3ccccc3)c2c1N.COCC[S@](=O)c1sc2nc(-c3cccnc3)nc(-c3ccccc3)c2c1N. The molecule has 0 radical (unpaired) electrons. The van der Waals surface area contributed by atoms with Crippen molar-refractivity contribution in [2.75, 3.05) is 126 Å². The summed E-state index contributed by atoms with van der Waals surface area (Å²) in [5.74, 6) is 3.66. The van der Waals surface area contributed by atoms with Gasteiger partial charge in [0, 0.05) is 190 Å². The lowest BCUT2D eigenvalue weighted by Crippen LogP contribution is -2.04. The van der Waals surface area contributed by atoms with Crippen LogP contribution in [0.15, 0.2) is 277 Å². The highest BCUT2D eigenvalue weighted by Crippen LogP contribution is 2.48. The van der Waals surface area contributed by atoms with Crippen LogP contribution in [0, 0.1) is 17.5 Å². The number of anilines is 5. The van der Waals surface area contributed by atoms with Crippen LogP contribution in [-0.4, -0.2) is 193 Å². The van der Waals surface area contributed by atoms with E-state index in [1.807, 2.05) is 103 Å². The van der Waals surface area contributed by atoms with E-state index < -0.39 is 54.0 Å². The van der Waals surface area contributed by atoms with E-state index in [4.69, 9.17) is 87.2 Å². The lowest BCUT2D eigenvalue weighted by Gasteiger charge is -2.07. The molecule has 20 aromatic rings. The maximum absolute atomic E-state index is 13.5. The molecule has 5 atom stereocenters. The summed E-state index contributed by atoms with van der Waals surface area (Å²) in [6.45, 7) is 2.39. The van der Waals surface area contributed by atoms with Gasteiger partial charge in [-0.05, 0) is 153 Å². The van der Waals surface area contributed by atoms with Gasteiger partial charge in [-0.2, -0.15) is 0 Å². The third-order valence-electron chi connectivity index (χ3n) is 21.8. The average molecular weight is 2150 g/mol. The molecule has 15 heterocycles. The molecule has 10 N–H and O–H groups in total. The Morgan fingerprint density at radius 2 is 0.432 bits per heavy atom. The van der Waals surface area contributed by atoms with Crippen molar-refractivity contribution < 1.29 is 57.9 Å². The van der Waals surface area contributed by atoms with E-state index in [2.05, 4.69) is 39.9 Å². The van der Waals surface area contributed by atoms with Gasteiger partial charge < -0.3 is 52.4 Å². The molecule has 0 aliphatic heterocycles. The fourth-order valence-corrected chi connectivity index (χ4v) is 27.7. The van der Waals surface area contributed by atoms with Gasteiger partial charge in [0.15, 0.2) is 29.1 Å². The minimum Gasteiger partial charge on any atom is -0.396 e. The van der Waals surface area contributed by atoms with Crippen molar-refractivity contribution in [2.45, 2.75) is 40.3 Å². The first-order valence-electron chi connectivity index (χ1n) is 44.9. The summed E-state index contributed by atoms with van der Waals surface area (Å²) in [4.78, 5) is 71.2. The summed E-state index contributed by atoms with van der Waals surface area (Å²) in [5.41, 5.74) is 45.3. The van der Waals surface area contributed by atoms with Gasteiger partial charge in [0.25, 0.3) is 0 Å². The smallest absolute Gasteiger partial charge is 0.162 e. The number of aromatic nitrogens is 15. The van der Waals surface area contributed by atoms with Crippen molar-refractivity contribution in [3.63, 3.8) is 0 Å². The largest absolute Gasteiger partial charge is 0.396 e. The van der Waals surface area contributed by atoms with Crippen LogP contribution in [0.2, 0.25) is 0 Å². The quantitative estimate of drug-likeness (QED) is 0.0238. The second kappa shape index (κ2) is 50.5. The number of methoxy groups -OCH3 is 5. The number of hydrogen-bond donors (Lipinski definition) is 5. The molecule has 1 unspecified atom stereocenters. The van der Waals surface area contributed by atoms with Gasteiger partial charge in [-0.15, -0.1) is 56.7 Å². The summed E-state index contributed by atoms with van der Waals surface area (Å²) >= 11 is 6.59. The van der Waals surface area contributed by atoms with Crippen LogP contribution < -0.4 is 28.7 Å². The molecule has 5 aromatic carbocycles. The zero-order valence-corrected chi connectivity index (χ0v) is 87.0. The zero-order chi connectivity index (χ0) is 102. The number of benzene rings is 5. The average Bonchev–Trinajstić information content (AvgIpc) is 1.62. The lowest BCUT2D eigenvalue weighted by atomic mass is 10.1. The molecule has 0 saturated heterocycles. The highest BCUT2D eigenvalue weighted by atomic mass is 32.2. The number of fused-ring (bicyclic) bond motifs is 5. The third-order valence-corrected chi connectivity index (χ3v) is 36.6. The maximum atomic E-state index is 13.5. The van der Waals surface area contributed by atoms with Crippen LogP contribution in [0.25, 0.3) is 164 Å². The molecule has 0 bridgehead atoms. The van der Waals surface area contributed by atoms with Gasteiger partial charge in [0.05, 0.1) is 163 Å². The third kappa shape index (κ3) is 25.0. The van der Waals surface area contributed by atoms with Gasteiger partial charge in [-0.1, -0.05) is 60.7 Å². The molecular weight excluding hydrogens is 2050 g/mol. The van der Waals surface area contributed by atoms with Crippen molar-refractivity contribution in [2.24, 2.45) is 0 Å². The van der Waals surface area contributed by atoms with E-state index in [1.54, 1.807) is 152 Å². The minimum atomic E-state index is -1.28. The van der Waals surface area contributed by atoms with Gasteiger partial charge in [-0.25, -0.2) is 63.0 Å². The van der Waals surface area contributed by atoms with Crippen LogP contribution >= 0.6 is 56.7 Å². The first-order chi connectivity index (χ1) is 71.1. The van der Waals surface area contributed by atoms with Crippen molar-refractivity contribution >= 4 is 190 Å². The molecule has 746 valence electrons. The van der Waals surface area contributed by atoms with E-state index in [-0.39, 0.29) is 17.5 Å². The number of rotatable bonds is 33. The Hall–Kier alpha value is -13.6. The molecule has 0 spiro atoms. The minimum absolute atomic E-state index is 0.338. The Labute approximate surface area is 868 Å². The number of pyridine rings is 5. The Balaban J connectivity index is 0.000000131. The predicted molar refractivity (Wildman–Crippen MR) is 582 cm³/mol. The molecule has 0 saturated carbocycles. The molecule has 0 fully saturated rings. The molecule has 20 rings (SSSR count). The van der Waals surface area contributed by atoms with E-state index in [1.165, 1.54) is 93.1 Å². The summed E-state index contributed by atoms with van der Waals surface area (Å²) in [5, 5.41) is 3.38. The van der Waals surface area contributed by atoms with Crippen LogP contribution in [0.1, 0.15) is 19.3 Å². The molecule has 43 heteroatoms. The number of thiophene rings is 5. The Morgan fingerprint density at radius 1 is 0.240 bits per heavy atom. The Kier molecular flexibility index (Phi) is 36.4. The first-order valence-corrected chi connectivity index (χ1v) is 55.6. The number of hydrogen-bond acceptors (Lipinski definition) is 35. The predicted octanol–water partition coefficient (Wildman–Crippen LogP) is 20.4. The fraction of sp³-hybridized carbons (Fsp3) is 0.175. The summed E-state index contributed by atoms with van der Waals surface area (Å²) in [7, 11) is 1.68. The van der Waals surface area contributed by atoms with Crippen LogP contribution in [0.4, 0.5) is 41.6 Å². The lowest BCUT2D eigenvalue weighted by molar-refractivity contribution is 0.200. The summed E-state index contributed by atoms with van der Waals surface area (Å²) in [6.07, 6.45) is 18.9. The van der Waals surface area contributed by atoms with Gasteiger partial charge >= 0.3 is 0 Å². The highest BCUT2D eigenvalue weighted by Gasteiger charge is 2.30. The number of halogens is 3. The molecule has 30 nitrogen and oxygen atoms in total. The zero-order valence-electron chi connectivity index (χ0n) is 78.8. The molecular formula is C103H93F3N20O10S10. The van der Waals surface area contributed by atoms with Crippen molar-refractivity contribution in [3.05, 3.63) is 274 Å². The second-order valence-corrected chi connectivity index (χ2v) is 45.5. The van der Waals surface area contributed by atoms with Gasteiger partial charge in [-0.3, -0.25) is 46.0 Å². The van der Waals surface area contributed by atoms with E-state index >= 15 is 0 Å². The van der Waals surface area contributed by atoms with Crippen LogP contribution in [-0.2, 0) is 77.7 Å². The Morgan fingerprint density at radius 3 is 0.623 bits per heavy atom. The first kappa shape index (κ1) is 105. The molecule has 15 aromatic heterocycles. The van der Waals surface area contributed by atoms with E-state index in [9.17, 15) is 34.2 Å². The normalized spacial score (nSPS) is 12.3. The number of nitrogen functional groups attached to an aromatic ring is 5. The van der Waals surface area contributed by atoms with Crippen molar-refractivity contribution in [3.8, 4) is 113 Å². The molecule has 146 heavy (non-hydrogen) atoms. The number of nitrogens with two attached hydrogens (primary N) is 5. The van der Waals surface area contributed by atoms with Gasteiger partial charge in [0.1, 0.15) is 62.6 Å². The topological polar surface area (TPSA) is 455 Å². The van der Waals surface area contributed by atoms with Crippen molar-refractivity contribution in [1.29, 1.82) is 0 Å². The van der Waals surface area contributed by atoms with Crippen LogP contribution in [0.5, 0.6) is 0 Å². The molecule has 0 amide bonds. The maximum Gasteiger partial charge on any atom is 0.162 e. The van der Waals surface area contributed by atoms with E-state index in [0.717, 1.165) is 61.1 Å². The molecule has 0 aliphatic carbocycles. The summed E-state index contributed by atoms with van der Waals surface area (Å²) in [6, 6.07) is 56.3. The monoisotopic (exact) mass is 2150 g/mol. The van der Waals surface area contributed by atoms with Crippen LogP contribution in [0.3, 0.4) is 0 Å². The van der Waals surface area contributed by atoms with Gasteiger partial charge in [0.2, 0.25) is 0 Å². The molecule has 0 aliphatic rings. The highest BCUT2D eigenvalue weighted by molar-refractivity contribution is 7.89. The Bertz CT molecular complexity index is 7400. The second-order valence-electron chi connectivity index (χ2n) is 31.6. The number of nitrogens with zero attached hydrogens (tertiary/aromatic N) is 15. The standard InChI is InChI=1S/3C21H19FN4O2S2.2C20H18N4O2S2/c3*1-28-10-3-11-30(27)21-17(23)16-18(13-5-7-15(22)8-6-13)25-19(26-20(16)29-21)14-4-2-9-24-12-14;2*1-26-10-11-28(25)20-16(21)15-17(13-6-3-2-4-7-13)23-18(24-19(15)27-20)14-8-5-9-22-12-14/h3*2,4-9,12H,3,10-11,23H2,1H3;2*2-9,12H,10-11,21H2,1H3/t2*30-;;2*28-/m10.10/s1. The number of ether oxygens (including phenoxy) is 5. The summed E-state index contributed by atoms with van der Waals surface area (Å²) < 4.78 is 133. The fourth-order valence-electron chi connectivity index (χ4n) is 14.8. The van der Waals surface area contributed by atoms with Crippen molar-refractivity contribution in [1.82, 2.24) is 74.8 Å². The van der Waals surface area contributed by atoms with E-state index in [0.29, 0.717) is 234 Å².